The summed E-state index contributed by atoms with van der Waals surface area (Å²) in [5.41, 5.74) is 8.07. The van der Waals surface area contributed by atoms with Crippen LogP contribution in [0.25, 0.3) is 10.9 Å². The molecule has 0 atom stereocenters. The number of benzene rings is 1. The Bertz CT molecular complexity index is 600. The van der Waals surface area contributed by atoms with Gasteiger partial charge in [0.2, 0.25) is 0 Å². The van der Waals surface area contributed by atoms with E-state index in [1.54, 1.807) is 0 Å². The van der Waals surface area contributed by atoms with Crippen molar-refractivity contribution in [1.29, 1.82) is 0 Å². The number of nitrogens with two attached hydrogens (primary N) is 1. The second-order valence-corrected chi connectivity index (χ2v) is 6.06. The Labute approximate surface area is 120 Å². The van der Waals surface area contributed by atoms with Crippen LogP contribution >= 0.6 is 0 Å². The lowest BCUT2D eigenvalue weighted by Crippen LogP contribution is -2.26. The molecule has 1 aromatic carbocycles. The van der Waals surface area contributed by atoms with Crippen LogP contribution in [0.1, 0.15) is 39.0 Å². The van der Waals surface area contributed by atoms with Gasteiger partial charge in [0.25, 0.3) is 0 Å². The van der Waals surface area contributed by atoms with Crippen LogP contribution in [0.3, 0.4) is 0 Å². The Morgan fingerprint density at radius 3 is 2.75 bits per heavy atom. The topological polar surface area (TPSA) is 50.9 Å². The highest BCUT2D eigenvalue weighted by Gasteiger charge is 2.31. The molecule has 0 bridgehead atoms. The summed E-state index contributed by atoms with van der Waals surface area (Å²) < 4.78 is 0. The number of nitrogens with zero attached hydrogens (tertiary/aromatic N) is 1. The lowest BCUT2D eigenvalue weighted by molar-refractivity contribution is 0.306. The van der Waals surface area contributed by atoms with Crippen LogP contribution in [0.15, 0.2) is 30.3 Å². The summed E-state index contributed by atoms with van der Waals surface area (Å²) >= 11 is 0. The largest absolute Gasteiger partial charge is 0.399 e. The third-order valence-electron chi connectivity index (χ3n) is 4.77. The van der Waals surface area contributed by atoms with E-state index in [0.29, 0.717) is 5.41 Å². The van der Waals surface area contributed by atoms with Gasteiger partial charge >= 0.3 is 0 Å². The minimum absolute atomic E-state index is 0.484. The predicted molar refractivity (Wildman–Crippen MR) is 85.8 cm³/mol. The van der Waals surface area contributed by atoms with Crippen LogP contribution in [0.2, 0.25) is 0 Å². The van der Waals surface area contributed by atoms with Gasteiger partial charge < -0.3 is 11.1 Å². The van der Waals surface area contributed by atoms with E-state index in [0.717, 1.165) is 29.0 Å². The van der Waals surface area contributed by atoms with E-state index in [1.165, 1.54) is 32.1 Å². The first-order chi connectivity index (χ1) is 9.71. The average molecular weight is 269 g/mol. The van der Waals surface area contributed by atoms with Gasteiger partial charge in [-0.2, -0.15) is 0 Å². The summed E-state index contributed by atoms with van der Waals surface area (Å²) in [6, 6.07) is 10.0. The maximum Gasteiger partial charge on any atom is 0.126 e. The minimum Gasteiger partial charge on any atom is -0.399 e. The molecule has 1 fully saturated rings. The van der Waals surface area contributed by atoms with Gasteiger partial charge in [-0.25, -0.2) is 4.98 Å². The van der Waals surface area contributed by atoms with E-state index < -0.39 is 0 Å². The second-order valence-electron chi connectivity index (χ2n) is 6.06. The maximum atomic E-state index is 5.80. The Hall–Kier alpha value is -1.77. The lowest BCUT2D eigenvalue weighted by atomic mass is 9.83. The SMILES string of the molecule is CCC1(CNc2ccc3cc(N)ccc3n2)CCCC1. The molecule has 1 aliphatic carbocycles. The number of nitrogen functional groups attached to an aromatic ring is 1. The Kier molecular flexibility index (Phi) is 3.51. The standard InChI is InChI=1S/C17H23N3/c1-2-17(9-3-4-10-17)12-19-16-8-5-13-11-14(18)6-7-15(13)20-16/h5-8,11H,2-4,9-10,12,18H2,1H3,(H,19,20). The Morgan fingerprint density at radius 1 is 1.20 bits per heavy atom. The van der Waals surface area contributed by atoms with E-state index in [1.807, 2.05) is 18.2 Å². The van der Waals surface area contributed by atoms with Gasteiger partial charge in [-0.05, 0) is 55.0 Å². The molecule has 0 saturated heterocycles. The van der Waals surface area contributed by atoms with Crippen LogP contribution in [-0.4, -0.2) is 11.5 Å². The molecule has 0 amide bonds. The summed E-state index contributed by atoms with van der Waals surface area (Å²) in [6.45, 7) is 3.35. The molecule has 1 saturated carbocycles. The zero-order valence-corrected chi connectivity index (χ0v) is 12.2. The zero-order valence-electron chi connectivity index (χ0n) is 12.2. The number of hydrogen-bond donors (Lipinski definition) is 2. The monoisotopic (exact) mass is 269 g/mol. The van der Waals surface area contributed by atoms with Gasteiger partial charge in [-0.15, -0.1) is 0 Å². The molecule has 2 aromatic rings. The van der Waals surface area contributed by atoms with Crippen molar-refractivity contribution in [2.24, 2.45) is 5.41 Å². The fraction of sp³-hybridized carbons (Fsp3) is 0.471. The Morgan fingerprint density at radius 2 is 2.00 bits per heavy atom. The molecule has 3 nitrogen and oxygen atoms in total. The third kappa shape index (κ3) is 2.58. The number of pyridine rings is 1. The first kappa shape index (κ1) is 13.2. The van der Waals surface area contributed by atoms with E-state index in [4.69, 9.17) is 5.73 Å². The van der Waals surface area contributed by atoms with Crippen LogP contribution < -0.4 is 11.1 Å². The van der Waals surface area contributed by atoms with Crippen molar-refractivity contribution in [2.45, 2.75) is 39.0 Å². The van der Waals surface area contributed by atoms with Crippen molar-refractivity contribution in [3.05, 3.63) is 30.3 Å². The lowest BCUT2D eigenvalue weighted by Gasteiger charge is -2.28. The number of nitrogens with one attached hydrogen (secondary N) is 1. The molecule has 0 radical (unpaired) electrons. The smallest absolute Gasteiger partial charge is 0.126 e. The molecule has 0 aliphatic heterocycles. The minimum atomic E-state index is 0.484. The number of rotatable bonds is 4. The third-order valence-corrected chi connectivity index (χ3v) is 4.77. The number of anilines is 2. The van der Waals surface area contributed by atoms with Gasteiger partial charge in [0.05, 0.1) is 5.52 Å². The predicted octanol–water partition coefficient (Wildman–Crippen LogP) is 4.20. The molecule has 106 valence electrons. The fourth-order valence-electron chi connectivity index (χ4n) is 3.30. The molecule has 3 heteroatoms. The van der Waals surface area contributed by atoms with Gasteiger partial charge in [0, 0.05) is 17.6 Å². The molecule has 1 heterocycles. The maximum absolute atomic E-state index is 5.80. The van der Waals surface area contributed by atoms with Gasteiger partial charge in [0.15, 0.2) is 0 Å². The number of aromatic nitrogens is 1. The van der Waals surface area contributed by atoms with E-state index in [2.05, 4.69) is 29.4 Å². The van der Waals surface area contributed by atoms with Gasteiger partial charge in [0.1, 0.15) is 5.82 Å². The normalized spacial score (nSPS) is 17.4. The highest BCUT2D eigenvalue weighted by molar-refractivity contribution is 5.83. The van der Waals surface area contributed by atoms with Crippen LogP contribution in [0.4, 0.5) is 11.5 Å². The summed E-state index contributed by atoms with van der Waals surface area (Å²) in [5.74, 6) is 0.974. The second kappa shape index (κ2) is 5.31. The van der Waals surface area contributed by atoms with Crippen molar-refractivity contribution in [2.75, 3.05) is 17.6 Å². The molecule has 3 N–H and O–H groups in total. The number of hydrogen-bond acceptors (Lipinski definition) is 3. The zero-order chi connectivity index (χ0) is 14.0. The number of fused-ring (bicyclic) bond motifs is 1. The summed E-state index contributed by atoms with van der Waals surface area (Å²) in [5, 5.41) is 4.64. The van der Waals surface area contributed by atoms with Crippen molar-refractivity contribution < 1.29 is 0 Å². The average Bonchev–Trinajstić information content (AvgIpc) is 2.94. The van der Waals surface area contributed by atoms with Gasteiger partial charge in [-0.3, -0.25) is 0 Å². The highest BCUT2D eigenvalue weighted by atomic mass is 15.0. The van der Waals surface area contributed by atoms with E-state index in [9.17, 15) is 0 Å². The first-order valence-corrected chi connectivity index (χ1v) is 7.61. The molecule has 0 spiro atoms. The van der Waals surface area contributed by atoms with Crippen molar-refractivity contribution in [1.82, 2.24) is 4.98 Å². The molecule has 1 aromatic heterocycles. The summed E-state index contributed by atoms with van der Waals surface area (Å²) in [7, 11) is 0. The van der Waals surface area contributed by atoms with E-state index in [-0.39, 0.29) is 0 Å². The van der Waals surface area contributed by atoms with Crippen LogP contribution in [-0.2, 0) is 0 Å². The quantitative estimate of drug-likeness (QED) is 0.818. The summed E-state index contributed by atoms with van der Waals surface area (Å²) in [6.07, 6.45) is 6.70. The van der Waals surface area contributed by atoms with Crippen molar-refractivity contribution >= 4 is 22.4 Å². The Balaban J connectivity index is 1.76. The van der Waals surface area contributed by atoms with E-state index >= 15 is 0 Å². The van der Waals surface area contributed by atoms with Crippen LogP contribution in [0.5, 0.6) is 0 Å². The summed E-state index contributed by atoms with van der Waals surface area (Å²) in [4.78, 5) is 4.68. The molecular formula is C17H23N3. The van der Waals surface area contributed by atoms with Crippen LogP contribution in [0, 0.1) is 5.41 Å². The molecule has 20 heavy (non-hydrogen) atoms. The van der Waals surface area contributed by atoms with Crippen molar-refractivity contribution in [3.63, 3.8) is 0 Å². The molecule has 0 unspecified atom stereocenters. The fourth-order valence-corrected chi connectivity index (χ4v) is 3.30. The molecular weight excluding hydrogens is 246 g/mol. The van der Waals surface area contributed by atoms with Crippen molar-refractivity contribution in [3.8, 4) is 0 Å². The molecule has 3 rings (SSSR count). The molecule has 1 aliphatic rings. The first-order valence-electron chi connectivity index (χ1n) is 7.61. The highest BCUT2D eigenvalue weighted by Crippen LogP contribution is 2.40. The van der Waals surface area contributed by atoms with Gasteiger partial charge in [-0.1, -0.05) is 19.8 Å².